The van der Waals surface area contributed by atoms with Gasteiger partial charge in [-0.1, -0.05) is 48.5 Å². The molecule has 9 heteroatoms. The molecule has 0 aliphatic rings. The molecular weight excluding hydrogens is 380 g/mol. The summed E-state index contributed by atoms with van der Waals surface area (Å²) in [6.07, 6.45) is 3.64. The highest BCUT2D eigenvalue weighted by Gasteiger charge is 2.15. The minimum Gasteiger partial charge on any atom is -0.361 e. The molecule has 0 saturated heterocycles. The van der Waals surface area contributed by atoms with Gasteiger partial charge >= 0.3 is 0 Å². The van der Waals surface area contributed by atoms with Gasteiger partial charge in [-0.25, -0.2) is 9.61 Å². The van der Waals surface area contributed by atoms with Crippen molar-refractivity contribution in [1.82, 2.24) is 25.3 Å². The summed E-state index contributed by atoms with van der Waals surface area (Å²) in [5.74, 6) is 0.933. The van der Waals surface area contributed by atoms with Gasteiger partial charge in [-0.05, 0) is 28.9 Å². The molecule has 0 fully saturated rings. The maximum Gasteiger partial charge on any atom is 0.245 e. The van der Waals surface area contributed by atoms with Crippen molar-refractivity contribution in [2.45, 2.75) is 13.0 Å². The third-order valence-electron chi connectivity index (χ3n) is 4.76. The van der Waals surface area contributed by atoms with Gasteiger partial charge in [0, 0.05) is 22.7 Å². The van der Waals surface area contributed by atoms with Gasteiger partial charge < -0.3 is 10.3 Å². The van der Waals surface area contributed by atoms with Crippen LogP contribution >= 0.6 is 0 Å². The van der Waals surface area contributed by atoms with Crippen LogP contribution in [0.5, 0.6) is 0 Å². The number of nitrogens with one attached hydrogen (secondary N) is 3. The van der Waals surface area contributed by atoms with E-state index in [0.717, 1.165) is 22.0 Å². The molecule has 2 aromatic carbocycles. The lowest BCUT2D eigenvalue weighted by Crippen LogP contribution is -2.11. The molecule has 0 saturated carbocycles. The van der Waals surface area contributed by atoms with Crippen molar-refractivity contribution in [2.75, 3.05) is 10.7 Å². The second kappa shape index (κ2) is 7.63. The lowest BCUT2D eigenvalue weighted by Gasteiger charge is -2.16. The van der Waals surface area contributed by atoms with Crippen molar-refractivity contribution in [3.63, 3.8) is 0 Å². The fraction of sp³-hybridized carbons (Fsp3) is 0.0952. The maximum atomic E-state index is 4.75. The van der Waals surface area contributed by atoms with E-state index in [4.69, 9.17) is 4.63 Å². The number of aromatic amines is 1. The first-order chi connectivity index (χ1) is 14.8. The minimum absolute atomic E-state index is 0.00374. The van der Waals surface area contributed by atoms with Gasteiger partial charge in [0.15, 0.2) is 11.6 Å². The molecule has 30 heavy (non-hydrogen) atoms. The number of benzene rings is 2. The number of hydrazone groups is 1. The van der Waals surface area contributed by atoms with E-state index in [1.54, 1.807) is 6.21 Å². The smallest absolute Gasteiger partial charge is 0.245 e. The van der Waals surface area contributed by atoms with E-state index in [2.05, 4.69) is 41.1 Å². The summed E-state index contributed by atoms with van der Waals surface area (Å²) in [7, 11) is 0. The number of fused-ring (bicyclic) bond motifs is 2. The Balaban J connectivity index is 1.43. The lowest BCUT2D eigenvalue weighted by atomic mass is 10.1. The van der Waals surface area contributed by atoms with Gasteiger partial charge in [0.2, 0.25) is 11.3 Å². The quantitative estimate of drug-likeness (QED) is 0.291. The molecule has 9 nitrogen and oxygen atoms in total. The number of rotatable bonds is 6. The van der Waals surface area contributed by atoms with Crippen LogP contribution < -0.4 is 10.7 Å². The molecular formula is C21H18N8O. The first-order valence-electron chi connectivity index (χ1n) is 9.45. The number of hydrogen-bond donors (Lipinski definition) is 3. The highest BCUT2D eigenvalue weighted by atomic mass is 16.6. The van der Waals surface area contributed by atoms with Crippen LogP contribution in [0.3, 0.4) is 0 Å². The third kappa shape index (κ3) is 3.44. The zero-order valence-corrected chi connectivity index (χ0v) is 16.1. The molecule has 0 bridgehead atoms. The summed E-state index contributed by atoms with van der Waals surface area (Å²) in [5.41, 5.74) is 6.72. The predicted molar refractivity (Wildman–Crippen MR) is 115 cm³/mol. The molecule has 3 N–H and O–H groups in total. The van der Waals surface area contributed by atoms with E-state index < -0.39 is 0 Å². The van der Waals surface area contributed by atoms with Crippen molar-refractivity contribution in [3.05, 3.63) is 71.9 Å². The maximum absolute atomic E-state index is 4.75. The first kappa shape index (κ1) is 17.8. The minimum atomic E-state index is -0.00374. The molecule has 0 spiro atoms. The van der Waals surface area contributed by atoms with Crippen LogP contribution in [-0.2, 0) is 0 Å². The number of anilines is 2. The second-order valence-corrected chi connectivity index (χ2v) is 6.77. The van der Waals surface area contributed by atoms with Crippen LogP contribution in [0.1, 0.15) is 24.1 Å². The van der Waals surface area contributed by atoms with Gasteiger partial charge in [-0.3, -0.25) is 5.43 Å². The Morgan fingerprint density at radius 3 is 2.53 bits per heavy atom. The van der Waals surface area contributed by atoms with Crippen LogP contribution in [-0.4, -0.2) is 31.5 Å². The molecule has 3 heterocycles. The van der Waals surface area contributed by atoms with Gasteiger partial charge in [0.05, 0.1) is 12.3 Å². The van der Waals surface area contributed by atoms with E-state index in [9.17, 15) is 0 Å². The van der Waals surface area contributed by atoms with E-state index in [1.807, 2.05) is 67.7 Å². The summed E-state index contributed by atoms with van der Waals surface area (Å²) in [6, 6.07) is 18.1. The Hall–Kier alpha value is -4.27. The number of nitrogens with zero attached hydrogens (tertiary/aromatic N) is 5. The van der Waals surface area contributed by atoms with Crippen molar-refractivity contribution in [1.29, 1.82) is 0 Å². The average Bonchev–Trinajstić information content (AvgIpc) is 3.41. The van der Waals surface area contributed by atoms with Gasteiger partial charge in [0.25, 0.3) is 0 Å². The monoisotopic (exact) mass is 398 g/mol. The Kier molecular flexibility index (Phi) is 4.53. The van der Waals surface area contributed by atoms with E-state index in [1.165, 1.54) is 0 Å². The van der Waals surface area contributed by atoms with Crippen molar-refractivity contribution in [3.8, 4) is 0 Å². The Labute approximate surface area is 171 Å². The molecule has 0 aliphatic carbocycles. The summed E-state index contributed by atoms with van der Waals surface area (Å²) < 4.78 is 4.75. The Bertz CT molecular complexity index is 1320. The molecule has 0 amide bonds. The first-order valence-corrected chi connectivity index (χ1v) is 9.45. The van der Waals surface area contributed by atoms with Crippen molar-refractivity contribution < 1.29 is 4.63 Å². The Morgan fingerprint density at radius 2 is 1.70 bits per heavy atom. The molecule has 1 atom stereocenters. The molecule has 1 unspecified atom stereocenters. The summed E-state index contributed by atoms with van der Waals surface area (Å²) in [4.78, 5) is 12.1. The standard InChI is InChI=1S/C21H18N8O/c1-13(14-7-3-2-4-8-14)24-18-19(26-21-20(25-18)28-30-29-21)27-23-12-15-11-22-17-10-6-5-9-16(15)17/h2-13,22H,1H3,(H,24,25,28)(H,26,27,29)/b23-12+. The van der Waals surface area contributed by atoms with E-state index in [-0.39, 0.29) is 6.04 Å². The number of para-hydroxylation sites is 1. The normalized spacial score (nSPS) is 12.6. The molecule has 0 radical (unpaired) electrons. The number of aromatic nitrogens is 5. The highest BCUT2D eigenvalue weighted by Crippen LogP contribution is 2.25. The fourth-order valence-electron chi connectivity index (χ4n) is 3.21. The van der Waals surface area contributed by atoms with Crippen molar-refractivity contribution >= 4 is 40.0 Å². The highest BCUT2D eigenvalue weighted by molar-refractivity contribution is 5.99. The van der Waals surface area contributed by atoms with Gasteiger partial charge in [-0.15, -0.1) is 0 Å². The summed E-state index contributed by atoms with van der Waals surface area (Å²) in [6.45, 7) is 2.04. The summed E-state index contributed by atoms with van der Waals surface area (Å²) >= 11 is 0. The van der Waals surface area contributed by atoms with Crippen LogP contribution in [0.25, 0.3) is 22.2 Å². The average molecular weight is 398 g/mol. The molecule has 3 aromatic heterocycles. The summed E-state index contributed by atoms with van der Waals surface area (Å²) in [5, 5.41) is 16.3. The number of H-pyrrole nitrogens is 1. The molecule has 148 valence electrons. The fourth-order valence-corrected chi connectivity index (χ4v) is 3.21. The Morgan fingerprint density at radius 1 is 0.967 bits per heavy atom. The van der Waals surface area contributed by atoms with Gasteiger partial charge in [0.1, 0.15) is 0 Å². The van der Waals surface area contributed by atoms with Crippen LogP contribution in [0.15, 0.2) is 70.5 Å². The SMILES string of the molecule is CC(Nc1nc2nonc2nc1N/N=C/c1c[nH]c2ccccc12)c1ccccc1. The topological polar surface area (TPSA) is 117 Å². The predicted octanol–water partition coefficient (Wildman–Crippen LogP) is 4.11. The third-order valence-corrected chi connectivity index (χ3v) is 4.76. The largest absolute Gasteiger partial charge is 0.361 e. The van der Waals surface area contributed by atoms with Gasteiger partial charge in [-0.2, -0.15) is 10.1 Å². The zero-order valence-electron chi connectivity index (χ0n) is 16.1. The van der Waals surface area contributed by atoms with Crippen LogP contribution in [0.2, 0.25) is 0 Å². The second-order valence-electron chi connectivity index (χ2n) is 6.77. The number of hydrogen-bond acceptors (Lipinski definition) is 8. The van der Waals surface area contributed by atoms with Crippen molar-refractivity contribution in [2.24, 2.45) is 5.10 Å². The zero-order chi connectivity index (χ0) is 20.3. The molecule has 5 aromatic rings. The van der Waals surface area contributed by atoms with Crippen LogP contribution in [0.4, 0.5) is 11.6 Å². The lowest BCUT2D eigenvalue weighted by molar-refractivity contribution is 0.314. The molecule has 5 rings (SSSR count). The van der Waals surface area contributed by atoms with E-state index >= 15 is 0 Å². The van der Waals surface area contributed by atoms with E-state index in [0.29, 0.717) is 22.9 Å². The van der Waals surface area contributed by atoms with Crippen LogP contribution in [0, 0.1) is 0 Å². The molecule has 0 aliphatic heterocycles.